The molecule has 0 unspecified atom stereocenters. The zero-order chi connectivity index (χ0) is 94.5. The Morgan fingerprint density at radius 3 is 0.532 bits per heavy atom. The minimum atomic E-state index is -0.296. The Labute approximate surface area is 815 Å². The fraction of sp³-hybridized carbons (Fsp3) is 0. The van der Waals surface area contributed by atoms with Gasteiger partial charge in [0.2, 0.25) is 0 Å². The number of hydrogen-bond acceptors (Lipinski definition) is 6. The Morgan fingerprint density at radius 1 is 0.113 bits per heavy atom. The monoisotopic (exact) mass is 1820 g/mol. The minimum absolute atomic E-state index is 0.253. The van der Waals surface area contributed by atoms with Gasteiger partial charge < -0.3 is 28.0 Å². The zero-order valence-corrected chi connectivity index (χ0v) is 76.5. The summed E-state index contributed by atoms with van der Waals surface area (Å²) in [5.74, 6) is -0.803. The molecule has 0 aliphatic rings. The van der Waals surface area contributed by atoms with Crippen molar-refractivity contribution in [3.8, 4) is 111 Å². The smallest absolute Gasteiger partial charge is 0.138 e. The van der Waals surface area contributed by atoms with Crippen molar-refractivity contribution in [3.05, 3.63) is 551 Å². The van der Waals surface area contributed by atoms with E-state index in [-0.39, 0.29) is 17.5 Å². The second-order valence-electron chi connectivity index (χ2n) is 35.1. The quantitative estimate of drug-likeness (QED) is 0.0804. The van der Waals surface area contributed by atoms with E-state index < -0.39 is 0 Å². The van der Waals surface area contributed by atoms with Gasteiger partial charge in [-0.25, -0.2) is 13.2 Å². The summed E-state index contributed by atoms with van der Waals surface area (Å²) in [6, 6.07) is 181. The van der Waals surface area contributed by atoms with Crippen LogP contribution < -0.4 is 14.7 Å². The largest absolute Gasteiger partial charge is 0.456 e. The highest BCUT2D eigenvalue weighted by Crippen LogP contribution is 2.45. The Kier molecular flexibility index (Phi) is 23.7. The van der Waals surface area contributed by atoms with Crippen LogP contribution in [0.15, 0.2) is 547 Å². The predicted molar refractivity (Wildman–Crippen MR) is 579 cm³/mol. The molecule has 0 aliphatic carbocycles. The number of halogens is 3. The number of benzene rings is 22. The van der Waals surface area contributed by atoms with E-state index in [4.69, 9.17) is 13.3 Å². The number of rotatable bonds is 19. The van der Waals surface area contributed by atoms with Gasteiger partial charge in [-0.05, 0) is 311 Å². The van der Waals surface area contributed by atoms with Crippen molar-refractivity contribution in [1.82, 2.24) is 0 Å². The molecule has 0 bridgehead atoms. The summed E-state index contributed by atoms with van der Waals surface area (Å²) >= 11 is 0. The lowest BCUT2D eigenvalue weighted by atomic mass is 9.99. The molecule has 670 valence electrons. The molecule has 3 aromatic heterocycles. The van der Waals surface area contributed by atoms with Crippen molar-refractivity contribution in [3.63, 3.8) is 0 Å². The second kappa shape index (κ2) is 38.7. The molecule has 0 N–H and O–H groups in total. The van der Waals surface area contributed by atoms with Crippen LogP contribution in [0, 0.1) is 17.5 Å². The van der Waals surface area contributed by atoms with Crippen LogP contribution >= 0.6 is 0 Å². The molecule has 0 fully saturated rings. The van der Waals surface area contributed by atoms with Gasteiger partial charge in [0.25, 0.3) is 0 Å². The maximum Gasteiger partial charge on any atom is 0.138 e. The van der Waals surface area contributed by atoms with Gasteiger partial charge >= 0.3 is 0 Å². The lowest BCUT2D eigenvalue weighted by Gasteiger charge is -2.26. The average Bonchev–Trinajstić information content (AvgIpc) is 1.61. The second-order valence-corrected chi connectivity index (χ2v) is 35.1. The van der Waals surface area contributed by atoms with Crippen LogP contribution in [-0.4, -0.2) is 0 Å². The van der Waals surface area contributed by atoms with Crippen LogP contribution in [0.5, 0.6) is 0 Å². The lowest BCUT2D eigenvalue weighted by molar-refractivity contribution is 0.618. The van der Waals surface area contributed by atoms with E-state index in [2.05, 4.69) is 433 Å². The van der Waals surface area contributed by atoms with Gasteiger partial charge in [-0.3, -0.25) is 0 Å². The van der Waals surface area contributed by atoms with Crippen LogP contribution in [0.3, 0.4) is 0 Å². The summed E-state index contributed by atoms with van der Waals surface area (Å²) in [6.07, 6.45) is 0. The van der Waals surface area contributed by atoms with Gasteiger partial charge in [0, 0.05) is 89.6 Å². The van der Waals surface area contributed by atoms with Crippen LogP contribution in [0.25, 0.3) is 177 Å². The maximum absolute atomic E-state index is 13.7. The van der Waals surface area contributed by atoms with Gasteiger partial charge in [-0.2, -0.15) is 0 Å². The van der Waals surface area contributed by atoms with E-state index >= 15 is 0 Å². The molecular weight excluding hydrogens is 1730 g/mol. The van der Waals surface area contributed by atoms with Crippen LogP contribution in [0.1, 0.15) is 0 Å². The first-order chi connectivity index (χ1) is 69.5. The van der Waals surface area contributed by atoms with Gasteiger partial charge in [-0.1, -0.05) is 328 Å². The zero-order valence-electron chi connectivity index (χ0n) is 76.5. The molecule has 22 aromatic carbocycles. The molecule has 0 radical (unpaired) electrons. The summed E-state index contributed by atoms with van der Waals surface area (Å²) in [5, 5.41) is 6.40. The molecule has 25 aromatic rings. The van der Waals surface area contributed by atoms with E-state index in [9.17, 15) is 13.2 Å². The summed E-state index contributed by atoms with van der Waals surface area (Å²) in [7, 11) is 0. The first-order valence-corrected chi connectivity index (χ1v) is 47.2. The van der Waals surface area contributed by atoms with E-state index in [0.29, 0.717) is 5.58 Å². The van der Waals surface area contributed by atoms with E-state index in [1.165, 1.54) is 86.5 Å². The normalized spacial score (nSPS) is 11.2. The van der Waals surface area contributed by atoms with Crippen molar-refractivity contribution >= 4 is 117 Å². The van der Waals surface area contributed by atoms with Crippen molar-refractivity contribution in [1.29, 1.82) is 0 Å². The standard InChI is InChI=1S/C54H37NO.C42H27F2NO.C36H24FNO/c1-4-10-38(11-5-1)42-20-28-48(29-21-42)55(49-30-22-43(23-31-49)39-12-6-2-7-13-39)50-32-24-44(25-33-50)41-16-18-45(19-17-41)47-27-35-52-51-34-26-46(40-14-8-3-9-15-40)36-53(51)56-54(52)37-47;43-34-16-5-28(6-17-34)30-9-20-36(21-10-30)45(37-22-11-31(12-23-37)29-7-18-35(44)19-8-29)38-24-13-32(14-25-38)33-15-26-40-39-3-1-2-4-41(39)46-42(40)27-33;37-29-16-22-34-33-21-15-28(23-35(33)39-36(34)24-29)27-13-19-32(20-14-27)38(30-9-5-2-6-10-30)31-17-11-26(12-18-31)25-7-3-1-4-8-25/h1-37H;1-27H;1-24H. The highest BCUT2D eigenvalue weighted by molar-refractivity contribution is 6.09. The third-order valence-corrected chi connectivity index (χ3v) is 26.3. The van der Waals surface area contributed by atoms with E-state index in [0.717, 1.165) is 173 Å². The number of furan rings is 3. The number of fused-ring (bicyclic) bond motifs is 9. The van der Waals surface area contributed by atoms with Crippen molar-refractivity contribution in [2.45, 2.75) is 0 Å². The molecule has 9 heteroatoms. The fourth-order valence-electron chi connectivity index (χ4n) is 19.0. The van der Waals surface area contributed by atoms with Crippen molar-refractivity contribution in [2.75, 3.05) is 14.7 Å². The molecule has 141 heavy (non-hydrogen) atoms. The highest BCUT2D eigenvalue weighted by Gasteiger charge is 2.22. The van der Waals surface area contributed by atoms with Gasteiger partial charge in [0.15, 0.2) is 0 Å². The van der Waals surface area contributed by atoms with Crippen LogP contribution in [-0.2, 0) is 0 Å². The highest BCUT2D eigenvalue weighted by atomic mass is 19.1. The first-order valence-electron chi connectivity index (χ1n) is 47.2. The Hall–Kier alpha value is -18.6. The Bertz CT molecular complexity index is 8520. The maximum atomic E-state index is 13.7. The lowest BCUT2D eigenvalue weighted by Crippen LogP contribution is -2.09. The molecule has 0 saturated heterocycles. The molecule has 0 amide bonds. The first kappa shape index (κ1) is 86.5. The van der Waals surface area contributed by atoms with Gasteiger partial charge in [-0.15, -0.1) is 0 Å². The third kappa shape index (κ3) is 18.3. The number of para-hydroxylation sites is 2. The molecule has 0 aliphatic heterocycles. The minimum Gasteiger partial charge on any atom is -0.456 e. The molecule has 0 atom stereocenters. The number of anilines is 9. The van der Waals surface area contributed by atoms with E-state index in [1.54, 1.807) is 30.3 Å². The van der Waals surface area contributed by atoms with Crippen LogP contribution in [0.4, 0.5) is 64.4 Å². The summed E-state index contributed by atoms with van der Waals surface area (Å²) in [6.45, 7) is 0. The summed E-state index contributed by atoms with van der Waals surface area (Å²) in [4.78, 5) is 6.79. The molecule has 3 heterocycles. The number of nitrogens with zero attached hydrogens (tertiary/aromatic N) is 3. The molecule has 0 saturated carbocycles. The Balaban J connectivity index is 0.000000120. The predicted octanol–water partition coefficient (Wildman–Crippen LogP) is 38.3. The molecule has 6 nitrogen and oxygen atoms in total. The van der Waals surface area contributed by atoms with Gasteiger partial charge in [0.05, 0.1) is 0 Å². The Morgan fingerprint density at radius 2 is 0.270 bits per heavy atom. The van der Waals surface area contributed by atoms with Gasteiger partial charge in [0.1, 0.15) is 50.9 Å². The summed E-state index contributed by atoms with van der Waals surface area (Å²) < 4.78 is 59.3. The van der Waals surface area contributed by atoms with E-state index in [1.807, 2.05) is 48.5 Å². The molecule has 25 rings (SSSR count). The molecule has 0 spiro atoms. The third-order valence-electron chi connectivity index (χ3n) is 26.3. The van der Waals surface area contributed by atoms with Crippen molar-refractivity contribution < 1.29 is 26.4 Å². The topological polar surface area (TPSA) is 49.1 Å². The van der Waals surface area contributed by atoms with Crippen LogP contribution in [0.2, 0.25) is 0 Å². The fourth-order valence-corrected chi connectivity index (χ4v) is 19.0. The summed E-state index contributed by atoms with van der Waals surface area (Å²) in [5.41, 5.74) is 36.8. The average molecular weight is 1820 g/mol. The SMILES string of the molecule is Fc1ccc(-c2ccc(N(c3ccc(-c4ccc(F)cc4)cc3)c3ccc(-c4ccc5c(c4)oc4ccccc45)cc3)cc2)cc1.Fc1ccc2c(c1)oc1cc(-c3ccc(N(c4ccccc4)c4ccc(-c5ccccc5)cc4)cc3)ccc12.c1ccc(-c2ccc(N(c3ccc(-c4ccccc4)cc3)c3ccc(-c4ccc(-c5ccc6c(c5)oc5cc(-c7ccccc7)ccc56)cc4)cc3)cc2)cc1. The molecular formula is C132H88F3N3O3. The number of hydrogen-bond donors (Lipinski definition) is 0. The van der Waals surface area contributed by atoms with Crippen molar-refractivity contribution in [2.24, 2.45) is 0 Å².